The number of carboxylic acids is 1. The summed E-state index contributed by atoms with van der Waals surface area (Å²) in [6.45, 7) is -6.25. The van der Waals surface area contributed by atoms with Gasteiger partial charge in [-0.3, -0.25) is 4.79 Å². The van der Waals surface area contributed by atoms with E-state index in [1.165, 1.54) is 18.7 Å². The van der Waals surface area contributed by atoms with Crippen LogP contribution < -0.4 is 20.5 Å². The van der Waals surface area contributed by atoms with Crippen LogP contribution in [0.1, 0.15) is 62.4 Å². The van der Waals surface area contributed by atoms with Gasteiger partial charge >= 0.3 is 19.2 Å². The number of halogens is 7. The number of hydrogen-bond donors (Lipinski definition) is 4. The van der Waals surface area contributed by atoms with Crippen LogP contribution in [0.25, 0.3) is 11.9 Å². The Hall–Kier alpha value is -6.29. The number of aliphatic hydroxyl groups excluding tert-OH is 1. The van der Waals surface area contributed by atoms with E-state index in [0.717, 1.165) is 54.9 Å². The number of nitrogens with two attached hydrogens (primary N) is 1. The smallest absolute Gasteiger partial charge is 0.387 e. The van der Waals surface area contributed by atoms with E-state index in [-0.39, 0.29) is 45.9 Å². The van der Waals surface area contributed by atoms with Crippen LogP contribution in [-0.2, 0) is 0 Å². The molecule has 1 amide bonds. The molecule has 5 rings (SSSR count). The number of carboxylic acid groups (broad SMARTS) is 1. The van der Waals surface area contributed by atoms with Crippen LogP contribution in [0, 0.1) is 11.8 Å². The van der Waals surface area contributed by atoms with Crippen LogP contribution >= 0.6 is 0 Å². The Bertz CT molecular complexity index is 1990. The van der Waals surface area contributed by atoms with Gasteiger partial charge in [0, 0.05) is 36.4 Å². The number of hydrogen-bond acceptors (Lipinski definition) is 10. The van der Waals surface area contributed by atoms with Crippen LogP contribution in [0.5, 0.6) is 11.5 Å². The molecule has 0 aliphatic heterocycles. The molecular formula is C34H27F7N6O6. The number of aromatic nitrogens is 4. The summed E-state index contributed by atoms with van der Waals surface area (Å²) in [7, 11) is 0. The number of anilines is 1. The van der Waals surface area contributed by atoms with E-state index in [0.29, 0.717) is 5.56 Å². The summed E-state index contributed by atoms with van der Waals surface area (Å²) in [5.74, 6) is -1.41. The summed E-state index contributed by atoms with van der Waals surface area (Å²) >= 11 is 0. The average Bonchev–Trinajstić information content (AvgIpc) is 3.10. The Balaban J connectivity index is 0.000000258. The summed E-state index contributed by atoms with van der Waals surface area (Å²) < 4.78 is 101. The molecular weight excluding hydrogens is 721 g/mol. The van der Waals surface area contributed by atoms with Crippen molar-refractivity contribution in [1.82, 2.24) is 25.3 Å². The Kier molecular flexibility index (Phi) is 13.2. The van der Waals surface area contributed by atoms with Gasteiger partial charge in [0.25, 0.3) is 5.91 Å². The fourth-order valence-corrected chi connectivity index (χ4v) is 4.66. The Morgan fingerprint density at radius 1 is 0.943 bits per heavy atom. The van der Waals surface area contributed by atoms with Crippen molar-refractivity contribution in [1.29, 1.82) is 0 Å². The number of alkyl halides is 6. The van der Waals surface area contributed by atoms with Crippen molar-refractivity contribution in [2.24, 2.45) is 0 Å². The van der Waals surface area contributed by atoms with Crippen molar-refractivity contribution < 1.29 is 60.0 Å². The largest absolute Gasteiger partial charge is 0.478 e. The van der Waals surface area contributed by atoms with Crippen LogP contribution in [0.4, 0.5) is 36.6 Å². The number of aliphatic hydroxyl groups is 1. The minimum atomic E-state index is -3.22. The van der Waals surface area contributed by atoms with Gasteiger partial charge in [-0.15, -0.1) is 0 Å². The fourth-order valence-electron chi connectivity index (χ4n) is 4.66. The number of benzene rings is 2. The topological polar surface area (TPSA) is 183 Å². The third-order valence-electron chi connectivity index (χ3n) is 7.14. The van der Waals surface area contributed by atoms with E-state index in [1.54, 1.807) is 0 Å². The molecule has 0 bridgehead atoms. The van der Waals surface area contributed by atoms with Gasteiger partial charge in [0.15, 0.2) is 5.83 Å². The number of carbonyl (C=O) groups is 2. The monoisotopic (exact) mass is 748 g/mol. The van der Waals surface area contributed by atoms with E-state index >= 15 is 0 Å². The minimum absolute atomic E-state index is 0.0393. The van der Waals surface area contributed by atoms with Gasteiger partial charge in [0.05, 0.1) is 41.2 Å². The molecule has 4 aromatic rings. The lowest BCUT2D eigenvalue weighted by Crippen LogP contribution is -2.50. The van der Waals surface area contributed by atoms with Crippen molar-refractivity contribution in [2.75, 3.05) is 5.73 Å². The first-order valence-electron chi connectivity index (χ1n) is 15.1. The molecule has 2 aromatic carbocycles. The van der Waals surface area contributed by atoms with Crippen molar-refractivity contribution in [2.45, 2.75) is 50.6 Å². The third kappa shape index (κ3) is 11.9. The highest BCUT2D eigenvalue weighted by molar-refractivity contribution is 5.96. The van der Waals surface area contributed by atoms with Crippen molar-refractivity contribution in [3.63, 3.8) is 0 Å². The molecule has 2 atom stereocenters. The second kappa shape index (κ2) is 17.8. The Morgan fingerprint density at radius 2 is 1.60 bits per heavy atom. The maximum absolute atomic E-state index is 14.6. The molecule has 5 N–H and O–H groups in total. The van der Waals surface area contributed by atoms with Crippen LogP contribution in [-0.4, -0.2) is 73.3 Å². The standard InChI is InChI=1S/C20H19F5N4O3.C14H8F2N2O3/c21-12(14-8-28-17(26)9-27-14)6-11-5-10(1-2-16(11)32-19(22)23)18(31)29-13-7-20(24,25)4-3-15(13)30;15-14(16)21-12-4-3-11(13(19)20)5-10(12)2-1-9-6-17-8-18-7-9/h1-2,5-6,8-9,13,15,19,30H,3-4,7H2,(H2,26,28)(H,29,31);3-8,14H,(H,19,20)/b12-6-;/t13-,15-;/m0./s1. The van der Waals surface area contributed by atoms with Crippen molar-refractivity contribution in [3.05, 3.63) is 101 Å². The number of aromatic carboxylic acids is 1. The Labute approximate surface area is 295 Å². The van der Waals surface area contributed by atoms with Gasteiger partial charge in [-0.25, -0.2) is 37.9 Å². The highest BCUT2D eigenvalue weighted by atomic mass is 19.3. The SMILES string of the molecule is Nc1cnc(/C(F)=C/c2cc(C(=O)N[C@H]3CC(F)(F)CC[C@@H]3O)ccc2OC(F)F)cn1.O=C(O)c1ccc(OC(F)F)c(C#Cc2cncnc2)c1. The van der Waals surface area contributed by atoms with Gasteiger partial charge in [-0.1, -0.05) is 11.8 Å². The lowest BCUT2D eigenvalue weighted by atomic mass is 9.89. The minimum Gasteiger partial charge on any atom is -0.478 e. The number of carbonyl (C=O) groups excluding carboxylic acids is 1. The number of rotatable bonds is 9. The van der Waals surface area contributed by atoms with Gasteiger partial charge in [-0.05, 0) is 48.9 Å². The lowest BCUT2D eigenvalue weighted by molar-refractivity contribution is -0.0768. The molecule has 1 aliphatic carbocycles. The molecule has 0 spiro atoms. The first kappa shape index (κ1) is 39.5. The van der Waals surface area contributed by atoms with Crippen molar-refractivity contribution >= 4 is 29.6 Å². The van der Waals surface area contributed by atoms with Gasteiger partial charge in [0.2, 0.25) is 5.92 Å². The molecule has 278 valence electrons. The molecule has 19 heteroatoms. The van der Waals surface area contributed by atoms with Crippen LogP contribution in [0.15, 0.2) is 67.5 Å². The zero-order valence-electron chi connectivity index (χ0n) is 26.9. The average molecular weight is 749 g/mol. The molecule has 0 saturated heterocycles. The maximum atomic E-state index is 14.6. The first-order valence-corrected chi connectivity index (χ1v) is 15.1. The second-order valence-corrected chi connectivity index (χ2v) is 11.0. The maximum Gasteiger partial charge on any atom is 0.387 e. The number of amides is 1. The van der Waals surface area contributed by atoms with Crippen molar-refractivity contribution in [3.8, 4) is 23.3 Å². The molecule has 2 heterocycles. The normalized spacial score (nSPS) is 16.5. The van der Waals surface area contributed by atoms with Crippen LogP contribution in [0.2, 0.25) is 0 Å². The third-order valence-corrected chi connectivity index (χ3v) is 7.14. The quantitative estimate of drug-likeness (QED) is 0.124. The number of nitrogens with zero attached hydrogens (tertiary/aromatic N) is 4. The second-order valence-electron chi connectivity index (χ2n) is 11.0. The van der Waals surface area contributed by atoms with Crippen LogP contribution in [0.3, 0.4) is 0 Å². The lowest BCUT2D eigenvalue weighted by Gasteiger charge is -2.33. The van der Waals surface area contributed by atoms with Gasteiger partial charge in [-0.2, -0.15) is 17.6 Å². The van der Waals surface area contributed by atoms with E-state index in [9.17, 15) is 45.4 Å². The highest BCUT2D eigenvalue weighted by Crippen LogP contribution is 2.34. The summed E-state index contributed by atoms with van der Waals surface area (Å²) in [5, 5.41) is 21.1. The molecule has 1 fully saturated rings. The first-order chi connectivity index (χ1) is 25.1. The van der Waals surface area contributed by atoms with E-state index in [4.69, 9.17) is 10.8 Å². The van der Waals surface area contributed by atoms with E-state index in [2.05, 4.69) is 46.6 Å². The van der Waals surface area contributed by atoms with Gasteiger partial charge < -0.3 is 30.7 Å². The van der Waals surface area contributed by atoms with Gasteiger partial charge in [0.1, 0.15) is 29.3 Å². The fraction of sp³-hybridized carbons (Fsp3) is 0.235. The predicted molar refractivity (Wildman–Crippen MR) is 173 cm³/mol. The zero-order chi connectivity index (χ0) is 38.7. The number of nitrogen functional groups attached to an aromatic ring is 1. The molecule has 0 radical (unpaired) electrons. The molecule has 53 heavy (non-hydrogen) atoms. The number of ether oxygens (including phenoxy) is 2. The predicted octanol–water partition coefficient (Wildman–Crippen LogP) is 5.58. The summed E-state index contributed by atoms with van der Waals surface area (Å²) in [6, 6.07) is 5.43. The molecule has 1 aliphatic rings. The Morgan fingerprint density at radius 3 is 2.25 bits per heavy atom. The summed E-state index contributed by atoms with van der Waals surface area (Å²) in [5.41, 5.74) is 5.19. The summed E-state index contributed by atoms with van der Waals surface area (Å²) in [4.78, 5) is 38.4. The molecule has 0 unspecified atom stereocenters. The highest BCUT2D eigenvalue weighted by Gasteiger charge is 2.41. The molecule has 12 nitrogen and oxygen atoms in total. The summed E-state index contributed by atoms with van der Waals surface area (Å²) in [6.07, 6.45) is 4.52. The molecule has 1 saturated carbocycles. The number of nitrogens with one attached hydrogen (secondary N) is 1. The van der Waals surface area contributed by atoms with E-state index < -0.39 is 67.6 Å². The molecule has 2 aromatic heterocycles. The van der Waals surface area contributed by atoms with E-state index in [1.807, 2.05) is 0 Å². The zero-order valence-corrected chi connectivity index (χ0v) is 26.9.